The molecular formula is C23H21F4N5O. The minimum atomic E-state index is -4.40. The van der Waals surface area contributed by atoms with E-state index in [0.29, 0.717) is 30.3 Å². The van der Waals surface area contributed by atoms with Gasteiger partial charge in [0.2, 0.25) is 11.9 Å². The van der Waals surface area contributed by atoms with Crippen molar-refractivity contribution >= 4 is 23.4 Å². The molecule has 2 aromatic carbocycles. The summed E-state index contributed by atoms with van der Waals surface area (Å²) in [4.78, 5) is 23.3. The van der Waals surface area contributed by atoms with Crippen LogP contribution in [0.15, 0.2) is 60.8 Å². The molecule has 3 aromatic rings. The normalized spacial score (nSPS) is 16.0. The van der Waals surface area contributed by atoms with Gasteiger partial charge in [-0.25, -0.2) is 9.37 Å². The van der Waals surface area contributed by atoms with Crippen LogP contribution in [0, 0.1) is 5.82 Å². The van der Waals surface area contributed by atoms with Crippen molar-refractivity contribution in [3.8, 4) is 0 Å². The predicted molar refractivity (Wildman–Crippen MR) is 115 cm³/mol. The highest BCUT2D eigenvalue weighted by atomic mass is 19.4. The lowest BCUT2D eigenvalue weighted by atomic mass is 10.1. The van der Waals surface area contributed by atoms with E-state index in [2.05, 4.69) is 20.6 Å². The predicted octanol–water partition coefficient (Wildman–Crippen LogP) is 4.66. The number of carbonyl (C=O) groups excluding carboxylic acids is 1. The number of alkyl halides is 3. The summed E-state index contributed by atoms with van der Waals surface area (Å²) in [5.41, 5.74) is 0.100. The summed E-state index contributed by atoms with van der Waals surface area (Å²) >= 11 is 0. The fourth-order valence-corrected chi connectivity index (χ4v) is 3.65. The van der Waals surface area contributed by atoms with Crippen molar-refractivity contribution in [2.45, 2.75) is 31.6 Å². The van der Waals surface area contributed by atoms with Crippen LogP contribution in [0.25, 0.3) is 0 Å². The van der Waals surface area contributed by atoms with E-state index in [1.165, 1.54) is 24.4 Å². The summed E-state index contributed by atoms with van der Waals surface area (Å²) in [6.45, 7) is 0.679. The second-order valence-corrected chi connectivity index (χ2v) is 7.61. The first-order chi connectivity index (χ1) is 15.8. The lowest BCUT2D eigenvalue weighted by molar-refractivity contribution is -0.137. The van der Waals surface area contributed by atoms with Gasteiger partial charge < -0.3 is 15.5 Å². The van der Waals surface area contributed by atoms with Gasteiger partial charge in [0, 0.05) is 19.3 Å². The number of carbonyl (C=O) groups is 1. The summed E-state index contributed by atoms with van der Waals surface area (Å²) in [5, 5.41) is 5.69. The van der Waals surface area contributed by atoms with Crippen LogP contribution in [0.4, 0.5) is 35.0 Å². The van der Waals surface area contributed by atoms with Gasteiger partial charge in [-0.3, -0.25) is 4.79 Å². The van der Waals surface area contributed by atoms with Crippen LogP contribution in [0.5, 0.6) is 0 Å². The minimum absolute atomic E-state index is 0.108. The Bertz CT molecular complexity index is 1120. The van der Waals surface area contributed by atoms with E-state index in [1.807, 2.05) is 0 Å². The van der Waals surface area contributed by atoms with Gasteiger partial charge in [-0.15, -0.1) is 0 Å². The first kappa shape index (κ1) is 22.5. The highest BCUT2D eigenvalue weighted by molar-refractivity contribution is 5.85. The third-order valence-corrected chi connectivity index (χ3v) is 5.34. The number of nitrogens with one attached hydrogen (secondary N) is 2. The number of anilines is 3. The number of nitrogens with zero attached hydrogens (tertiary/aromatic N) is 3. The minimum Gasteiger partial charge on any atom is -0.350 e. The maximum atomic E-state index is 13.9. The lowest BCUT2D eigenvalue weighted by Crippen LogP contribution is -2.43. The summed E-state index contributed by atoms with van der Waals surface area (Å²) in [6, 6.07) is 12.0. The number of para-hydroxylation sites is 1. The van der Waals surface area contributed by atoms with Gasteiger partial charge in [-0.05, 0) is 48.7 Å². The zero-order valence-corrected chi connectivity index (χ0v) is 17.4. The number of hydrogen-bond donors (Lipinski definition) is 2. The van der Waals surface area contributed by atoms with Gasteiger partial charge >= 0.3 is 6.18 Å². The van der Waals surface area contributed by atoms with Crippen molar-refractivity contribution in [3.63, 3.8) is 0 Å². The first-order valence-electron chi connectivity index (χ1n) is 10.4. The molecule has 2 heterocycles. The molecule has 33 heavy (non-hydrogen) atoms. The highest BCUT2D eigenvalue weighted by Gasteiger charge is 2.33. The zero-order chi connectivity index (χ0) is 23.4. The van der Waals surface area contributed by atoms with E-state index in [9.17, 15) is 22.4 Å². The molecule has 2 N–H and O–H groups in total. The Morgan fingerprint density at radius 1 is 1.09 bits per heavy atom. The molecule has 1 amide bonds. The van der Waals surface area contributed by atoms with Crippen LogP contribution < -0.4 is 15.5 Å². The molecule has 0 aliphatic carbocycles. The molecule has 1 saturated heterocycles. The molecule has 1 aliphatic rings. The molecule has 0 bridgehead atoms. The zero-order valence-electron chi connectivity index (χ0n) is 17.4. The molecule has 6 nitrogen and oxygen atoms in total. The highest BCUT2D eigenvalue weighted by Crippen LogP contribution is 2.29. The van der Waals surface area contributed by atoms with E-state index in [-0.39, 0.29) is 18.1 Å². The molecular weight excluding hydrogens is 438 g/mol. The molecule has 1 unspecified atom stereocenters. The fourth-order valence-electron chi connectivity index (χ4n) is 3.65. The van der Waals surface area contributed by atoms with Crippen LogP contribution in [-0.2, 0) is 17.5 Å². The van der Waals surface area contributed by atoms with E-state index < -0.39 is 23.6 Å². The Labute approximate surface area is 187 Å². The van der Waals surface area contributed by atoms with Crippen molar-refractivity contribution in [1.82, 2.24) is 15.3 Å². The number of amides is 1. The molecule has 4 rings (SSSR count). The average Bonchev–Trinajstić information content (AvgIpc) is 3.29. The molecule has 1 aliphatic heterocycles. The van der Waals surface area contributed by atoms with Gasteiger partial charge in [0.25, 0.3) is 0 Å². The molecule has 0 saturated carbocycles. The second-order valence-electron chi connectivity index (χ2n) is 7.61. The average molecular weight is 459 g/mol. The first-order valence-corrected chi connectivity index (χ1v) is 10.4. The molecule has 0 spiro atoms. The van der Waals surface area contributed by atoms with E-state index in [0.717, 1.165) is 18.6 Å². The maximum absolute atomic E-state index is 13.9. The van der Waals surface area contributed by atoms with Gasteiger partial charge in [0.1, 0.15) is 17.7 Å². The Morgan fingerprint density at radius 3 is 2.58 bits per heavy atom. The smallest absolute Gasteiger partial charge is 0.350 e. The van der Waals surface area contributed by atoms with Crippen LogP contribution in [-0.4, -0.2) is 28.5 Å². The second kappa shape index (κ2) is 9.43. The Hall–Kier alpha value is -3.69. The summed E-state index contributed by atoms with van der Waals surface area (Å²) in [5.74, 6) is 0.0484. The van der Waals surface area contributed by atoms with E-state index in [4.69, 9.17) is 0 Å². The number of hydrogen-bond acceptors (Lipinski definition) is 5. The lowest BCUT2D eigenvalue weighted by Gasteiger charge is -2.24. The standard InChI is InChI=1S/C23H21F4N5O/c24-17-4-1-2-5-18(17)30-20-11-12-28-22(31-20)32-13-3-6-19(32)21(33)29-14-15-7-9-16(10-8-15)23(25,26)27/h1-2,4-5,7-12,19H,3,6,13-14H2,(H,29,33)(H,28,30,31). The van der Waals surface area contributed by atoms with Crippen molar-refractivity contribution in [3.05, 3.63) is 77.7 Å². The topological polar surface area (TPSA) is 70.2 Å². The molecule has 0 radical (unpaired) electrons. The van der Waals surface area contributed by atoms with Crippen molar-refractivity contribution in [2.75, 3.05) is 16.8 Å². The van der Waals surface area contributed by atoms with Gasteiger partial charge in [0.05, 0.1) is 11.3 Å². The maximum Gasteiger partial charge on any atom is 0.416 e. The number of aromatic nitrogens is 2. The Balaban J connectivity index is 1.41. The van der Waals surface area contributed by atoms with Gasteiger partial charge in [-0.2, -0.15) is 18.2 Å². The molecule has 1 atom stereocenters. The van der Waals surface area contributed by atoms with Gasteiger partial charge in [-0.1, -0.05) is 24.3 Å². The van der Waals surface area contributed by atoms with E-state index >= 15 is 0 Å². The molecule has 1 aromatic heterocycles. The molecule has 172 valence electrons. The quantitative estimate of drug-likeness (QED) is 0.525. The largest absolute Gasteiger partial charge is 0.416 e. The molecule has 1 fully saturated rings. The monoisotopic (exact) mass is 459 g/mol. The SMILES string of the molecule is O=C(NCc1ccc(C(F)(F)F)cc1)C1CCCN1c1nccc(Nc2ccccc2F)n1. The van der Waals surface area contributed by atoms with Crippen LogP contribution in [0.2, 0.25) is 0 Å². The van der Waals surface area contributed by atoms with Crippen LogP contribution >= 0.6 is 0 Å². The Morgan fingerprint density at radius 2 is 1.85 bits per heavy atom. The molecule has 10 heteroatoms. The van der Waals surface area contributed by atoms with Crippen molar-refractivity contribution < 1.29 is 22.4 Å². The van der Waals surface area contributed by atoms with Crippen molar-refractivity contribution in [1.29, 1.82) is 0 Å². The summed E-state index contributed by atoms with van der Waals surface area (Å²) in [6.07, 6.45) is -1.53. The van der Waals surface area contributed by atoms with E-state index in [1.54, 1.807) is 29.2 Å². The van der Waals surface area contributed by atoms with Crippen molar-refractivity contribution in [2.24, 2.45) is 0 Å². The number of halogens is 4. The fraction of sp³-hybridized carbons (Fsp3) is 0.261. The third-order valence-electron chi connectivity index (χ3n) is 5.34. The van der Waals surface area contributed by atoms with Gasteiger partial charge in [0.15, 0.2) is 0 Å². The number of rotatable bonds is 6. The Kier molecular flexibility index (Phi) is 6.43. The van der Waals surface area contributed by atoms with Crippen LogP contribution in [0.3, 0.4) is 0 Å². The van der Waals surface area contributed by atoms with Crippen LogP contribution in [0.1, 0.15) is 24.0 Å². The summed E-state index contributed by atoms with van der Waals surface area (Å²) in [7, 11) is 0. The number of benzene rings is 2. The third kappa shape index (κ3) is 5.39. The summed E-state index contributed by atoms with van der Waals surface area (Å²) < 4.78 is 52.0.